The van der Waals surface area contributed by atoms with Crippen LogP contribution in [0.5, 0.6) is 0 Å². The fraction of sp³-hybridized carbons (Fsp3) is 0.250. The zero-order valence-electron chi connectivity index (χ0n) is 11.9. The Hall–Kier alpha value is -2.40. The van der Waals surface area contributed by atoms with E-state index in [1.807, 2.05) is 37.3 Å². The molecule has 5 nitrogen and oxygen atoms in total. The van der Waals surface area contributed by atoms with Crippen LogP contribution in [0.25, 0.3) is 11.3 Å². The SMILES string of the molecule is CC(C(=O)NCc1ccc(-c2ccn[nH]2)cc1)=C1CNC1. The summed E-state index contributed by atoms with van der Waals surface area (Å²) in [5.41, 5.74) is 5.19. The Kier molecular flexibility index (Phi) is 3.83. The van der Waals surface area contributed by atoms with Crippen LogP contribution in [0.3, 0.4) is 0 Å². The highest BCUT2D eigenvalue weighted by Gasteiger charge is 2.15. The highest BCUT2D eigenvalue weighted by Crippen LogP contribution is 2.16. The number of rotatable bonds is 4. The van der Waals surface area contributed by atoms with Gasteiger partial charge in [-0.3, -0.25) is 9.89 Å². The number of hydrogen-bond donors (Lipinski definition) is 3. The molecule has 0 atom stereocenters. The van der Waals surface area contributed by atoms with E-state index in [4.69, 9.17) is 0 Å². The van der Waals surface area contributed by atoms with Crippen molar-refractivity contribution in [3.8, 4) is 11.3 Å². The summed E-state index contributed by atoms with van der Waals surface area (Å²) in [6.07, 6.45) is 1.73. The van der Waals surface area contributed by atoms with Crippen molar-refractivity contribution in [2.45, 2.75) is 13.5 Å². The summed E-state index contributed by atoms with van der Waals surface area (Å²) in [6.45, 7) is 4.09. The molecule has 1 saturated heterocycles. The fourth-order valence-corrected chi connectivity index (χ4v) is 2.21. The average molecular weight is 282 g/mol. The largest absolute Gasteiger partial charge is 0.348 e. The number of aromatic amines is 1. The Morgan fingerprint density at radius 3 is 2.57 bits per heavy atom. The zero-order valence-corrected chi connectivity index (χ0v) is 11.9. The first kappa shape index (κ1) is 13.6. The van der Waals surface area contributed by atoms with Crippen molar-refractivity contribution in [3.05, 3.63) is 53.2 Å². The van der Waals surface area contributed by atoms with Crippen molar-refractivity contribution in [2.75, 3.05) is 13.1 Å². The molecule has 0 unspecified atom stereocenters. The van der Waals surface area contributed by atoms with Gasteiger partial charge in [-0.25, -0.2) is 0 Å². The Morgan fingerprint density at radius 2 is 2.00 bits per heavy atom. The van der Waals surface area contributed by atoms with E-state index in [1.165, 1.54) is 5.57 Å². The van der Waals surface area contributed by atoms with Gasteiger partial charge in [-0.1, -0.05) is 24.3 Å². The van der Waals surface area contributed by atoms with Gasteiger partial charge in [-0.05, 0) is 29.7 Å². The van der Waals surface area contributed by atoms with Crippen molar-refractivity contribution < 1.29 is 4.79 Å². The van der Waals surface area contributed by atoms with E-state index in [0.29, 0.717) is 6.54 Å². The van der Waals surface area contributed by atoms with E-state index in [1.54, 1.807) is 6.20 Å². The lowest BCUT2D eigenvalue weighted by Gasteiger charge is -2.21. The molecule has 1 aromatic heterocycles. The molecule has 0 aliphatic carbocycles. The van der Waals surface area contributed by atoms with Crippen molar-refractivity contribution >= 4 is 5.91 Å². The van der Waals surface area contributed by atoms with Crippen LogP contribution in [0.15, 0.2) is 47.7 Å². The van der Waals surface area contributed by atoms with Crippen LogP contribution in [-0.4, -0.2) is 29.2 Å². The Morgan fingerprint density at radius 1 is 1.24 bits per heavy atom. The van der Waals surface area contributed by atoms with Crippen LogP contribution in [0.2, 0.25) is 0 Å². The van der Waals surface area contributed by atoms with Gasteiger partial charge in [0.1, 0.15) is 0 Å². The Labute approximate surface area is 123 Å². The second kappa shape index (κ2) is 5.93. The summed E-state index contributed by atoms with van der Waals surface area (Å²) < 4.78 is 0. The number of benzene rings is 1. The minimum absolute atomic E-state index is 0.0177. The minimum Gasteiger partial charge on any atom is -0.348 e. The highest BCUT2D eigenvalue weighted by atomic mass is 16.1. The summed E-state index contributed by atoms with van der Waals surface area (Å²) in [7, 11) is 0. The lowest BCUT2D eigenvalue weighted by Crippen LogP contribution is -2.37. The van der Waals surface area contributed by atoms with Crippen molar-refractivity contribution in [3.63, 3.8) is 0 Å². The number of hydrogen-bond acceptors (Lipinski definition) is 3. The first-order valence-electron chi connectivity index (χ1n) is 7.00. The predicted molar refractivity (Wildman–Crippen MR) is 81.4 cm³/mol. The molecule has 0 spiro atoms. The van der Waals surface area contributed by atoms with E-state index in [2.05, 4.69) is 20.8 Å². The maximum absolute atomic E-state index is 12.0. The Balaban J connectivity index is 1.60. The third kappa shape index (κ3) is 3.03. The van der Waals surface area contributed by atoms with Crippen LogP contribution in [-0.2, 0) is 11.3 Å². The highest BCUT2D eigenvalue weighted by molar-refractivity contribution is 5.93. The number of carbonyl (C=O) groups is 1. The molecule has 21 heavy (non-hydrogen) atoms. The molecule has 1 fully saturated rings. The number of H-pyrrole nitrogens is 1. The van der Waals surface area contributed by atoms with Crippen LogP contribution >= 0.6 is 0 Å². The molecule has 1 aliphatic rings. The molecular formula is C16H18N4O. The molecule has 2 aromatic rings. The van der Waals surface area contributed by atoms with E-state index >= 15 is 0 Å². The van der Waals surface area contributed by atoms with Crippen LogP contribution in [0, 0.1) is 0 Å². The van der Waals surface area contributed by atoms with Gasteiger partial charge in [0.05, 0.1) is 5.69 Å². The standard InChI is InChI=1S/C16H18N4O/c1-11(14-9-17-10-14)16(21)18-8-12-2-4-13(5-3-12)15-6-7-19-20-15/h2-7,17H,8-10H2,1H3,(H,18,21)(H,19,20). The van der Waals surface area contributed by atoms with Crippen molar-refractivity contribution in [1.29, 1.82) is 0 Å². The van der Waals surface area contributed by atoms with Gasteiger partial charge in [-0.15, -0.1) is 0 Å². The van der Waals surface area contributed by atoms with Gasteiger partial charge in [0.25, 0.3) is 0 Å². The number of amides is 1. The minimum atomic E-state index is 0.0177. The lowest BCUT2D eigenvalue weighted by atomic mass is 10.0. The van der Waals surface area contributed by atoms with Gasteiger partial charge < -0.3 is 10.6 Å². The second-order valence-corrected chi connectivity index (χ2v) is 5.18. The van der Waals surface area contributed by atoms with Gasteiger partial charge in [0.2, 0.25) is 5.91 Å². The molecule has 0 saturated carbocycles. The third-order valence-corrected chi connectivity index (χ3v) is 3.77. The summed E-state index contributed by atoms with van der Waals surface area (Å²) in [4.78, 5) is 12.0. The number of aromatic nitrogens is 2. The molecule has 1 aromatic carbocycles. The molecule has 108 valence electrons. The lowest BCUT2D eigenvalue weighted by molar-refractivity contribution is -0.117. The molecule has 0 bridgehead atoms. The second-order valence-electron chi connectivity index (χ2n) is 5.18. The number of nitrogens with one attached hydrogen (secondary N) is 3. The number of carbonyl (C=O) groups excluding carboxylic acids is 1. The predicted octanol–water partition coefficient (Wildman–Crippen LogP) is 1.61. The van der Waals surface area contributed by atoms with Gasteiger partial charge in [0, 0.05) is 31.4 Å². The monoisotopic (exact) mass is 282 g/mol. The average Bonchev–Trinajstić information content (AvgIpc) is 2.97. The molecule has 3 rings (SSSR count). The first-order chi connectivity index (χ1) is 10.2. The molecule has 2 heterocycles. The summed E-state index contributed by atoms with van der Waals surface area (Å²) in [5.74, 6) is 0.0177. The molecule has 3 N–H and O–H groups in total. The third-order valence-electron chi connectivity index (χ3n) is 3.77. The van der Waals surface area contributed by atoms with E-state index < -0.39 is 0 Å². The van der Waals surface area contributed by atoms with E-state index in [9.17, 15) is 4.79 Å². The van der Waals surface area contributed by atoms with Gasteiger partial charge in [-0.2, -0.15) is 5.10 Å². The summed E-state index contributed by atoms with van der Waals surface area (Å²) in [6, 6.07) is 10.0. The summed E-state index contributed by atoms with van der Waals surface area (Å²) >= 11 is 0. The molecule has 1 aliphatic heterocycles. The van der Waals surface area contributed by atoms with Crippen molar-refractivity contribution in [1.82, 2.24) is 20.8 Å². The van der Waals surface area contributed by atoms with Crippen LogP contribution in [0.1, 0.15) is 12.5 Å². The maximum Gasteiger partial charge on any atom is 0.247 e. The molecular weight excluding hydrogens is 264 g/mol. The van der Waals surface area contributed by atoms with Crippen LogP contribution < -0.4 is 10.6 Å². The maximum atomic E-state index is 12.0. The molecule has 0 radical (unpaired) electrons. The van der Waals surface area contributed by atoms with Gasteiger partial charge >= 0.3 is 0 Å². The van der Waals surface area contributed by atoms with E-state index in [-0.39, 0.29) is 5.91 Å². The topological polar surface area (TPSA) is 69.8 Å². The van der Waals surface area contributed by atoms with Gasteiger partial charge in [0.15, 0.2) is 0 Å². The quantitative estimate of drug-likeness (QED) is 0.746. The zero-order chi connectivity index (χ0) is 14.7. The fourth-order valence-electron chi connectivity index (χ4n) is 2.21. The van der Waals surface area contributed by atoms with Crippen LogP contribution in [0.4, 0.5) is 0 Å². The summed E-state index contributed by atoms with van der Waals surface area (Å²) in [5, 5.41) is 13.0. The smallest absolute Gasteiger partial charge is 0.247 e. The molecule has 1 amide bonds. The number of nitrogens with zero attached hydrogens (tertiary/aromatic N) is 1. The van der Waals surface area contributed by atoms with E-state index in [0.717, 1.165) is 35.5 Å². The Bertz CT molecular complexity index is 650. The molecule has 5 heteroatoms. The first-order valence-corrected chi connectivity index (χ1v) is 7.00. The normalized spacial score (nSPS) is 13.7. The van der Waals surface area contributed by atoms with Crippen molar-refractivity contribution in [2.24, 2.45) is 0 Å².